The van der Waals surface area contributed by atoms with Crippen LogP contribution in [0, 0.1) is 5.82 Å². The number of hydrogen-bond donors (Lipinski definition) is 2. The number of halogens is 1. The normalized spacial score (nSPS) is 17.4. The summed E-state index contributed by atoms with van der Waals surface area (Å²) < 4.78 is 16.1. The van der Waals surface area contributed by atoms with Gasteiger partial charge in [0.2, 0.25) is 0 Å². The second kappa shape index (κ2) is 8.85. The van der Waals surface area contributed by atoms with Crippen LogP contribution in [0.1, 0.15) is 25.2 Å². The summed E-state index contributed by atoms with van der Waals surface area (Å²) in [7, 11) is 1.71. The van der Waals surface area contributed by atoms with Crippen LogP contribution in [-0.4, -0.2) is 46.2 Å². The highest BCUT2D eigenvalue weighted by Gasteiger charge is 2.25. The largest absolute Gasteiger partial charge is 0.360 e. The van der Waals surface area contributed by atoms with Crippen LogP contribution in [0.15, 0.2) is 74.4 Å². The Labute approximate surface area is 194 Å². The number of aliphatic imine (C=N–C) groups is 3. The number of benzene rings is 1. The molecule has 0 amide bonds. The van der Waals surface area contributed by atoms with Crippen molar-refractivity contribution in [3.05, 3.63) is 76.6 Å². The summed E-state index contributed by atoms with van der Waals surface area (Å²) in [5.41, 5.74) is 0.417. The van der Waals surface area contributed by atoms with E-state index in [-0.39, 0.29) is 16.9 Å². The molecule has 3 aromatic rings. The number of fused-ring (bicyclic) bond motifs is 2. The highest BCUT2D eigenvalue weighted by atomic mass is 19.1. The van der Waals surface area contributed by atoms with E-state index >= 15 is 0 Å². The van der Waals surface area contributed by atoms with E-state index in [1.165, 1.54) is 23.4 Å². The fraction of sp³-hybridized carbons (Fsp3) is 0.217. The van der Waals surface area contributed by atoms with Crippen LogP contribution in [0.25, 0.3) is 10.9 Å². The minimum atomic E-state index is -0.621. The first-order valence-corrected chi connectivity index (χ1v) is 10.8. The van der Waals surface area contributed by atoms with Crippen molar-refractivity contribution in [2.24, 2.45) is 15.0 Å². The molecular formula is C23H22FN9O. The molecule has 2 aliphatic heterocycles. The Balaban J connectivity index is 1.64. The Kier molecular flexibility index (Phi) is 5.58. The maximum atomic E-state index is 14.7. The van der Waals surface area contributed by atoms with Crippen LogP contribution in [0.2, 0.25) is 0 Å². The summed E-state index contributed by atoms with van der Waals surface area (Å²) in [4.78, 5) is 35.4. The lowest BCUT2D eigenvalue weighted by Gasteiger charge is -2.28. The van der Waals surface area contributed by atoms with Gasteiger partial charge in [-0.2, -0.15) is 0 Å². The van der Waals surface area contributed by atoms with Gasteiger partial charge in [-0.15, -0.1) is 0 Å². The molecule has 2 aromatic heterocycles. The quantitative estimate of drug-likeness (QED) is 0.584. The average Bonchev–Trinajstić information content (AvgIpc) is 3.20. The van der Waals surface area contributed by atoms with Gasteiger partial charge in [-0.3, -0.25) is 19.8 Å². The van der Waals surface area contributed by atoms with Gasteiger partial charge in [-0.05, 0) is 36.8 Å². The number of pyridine rings is 1. The van der Waals surface area contributed by atoms with Gasteiger partial charge in [0.1, 0.15) is 35.2 Å². The molecule has 34 heavy (non-hydrogen) atoms. The highest BCUT2D eigenvalue weighted by Crippen LogP contribution is 2.23. The lowest BCUT2D eigenvalue weighted by molar-refractivity contribution is 0.501. The van der Waals surface area contributed by atoms with Crippen molar-refractivity contribution in [1.29, 1.82) is 0 Å². The topological polar surface area (TPSA) is 112 Å². The van der Waals surface area contributed by atoms with Crippen LogP contribution in [-0.2, 0) is 0 Å². The molecule has 4 heterocycles. The average molecular weight is 459 g/mol. The van der Waals surface area contributed by atoms with Gasteiger partial charge in [0, 0.05) is 13.2 Å². The molecule has 0 fully saturated rings. The molecular weight excluding hydrogens is 437 g/mol. The number of rotatable bonds is 6. The second-order valence-corrected chi connectivity index (χ2v) is 7.74. The monoisotopic (exact) mass is 459 g/mol. The van der Waals surface area contributed by atoms with Gasteiger partial charge in [0.05, 0.1) is 29.8 Å². The Bertz CT molecular complexity index is 1410. The van der Waals surface area contributed by atoms with E-state index in [0.717, 1.165) is 0 Å². The first kappa shape index (κ1) is 21.4. The number of nitrogens with one attached hydrogen (secondary N) is 2. The molecule has 172 valence electrons. The van der Waals surface area contributed by atoms with Crippen molar-refractivity contribution in [2.45, 2.75) is 25.4 Å². The first-order valence-electron chi connectivity index (χ1n) is 10.8. The Morgan fingerprint density at radius 1 is 1.29 bits per heavy atom. The van der Waals surface area contributed by atoms with Gasteiger partial charge in [0.15, 0.2) is 5.82 Å². The van der Waals surface area contributed by atoms with Gasteiger partial charge in [-0.1, -0.05) is 13.0 Å². The Hall–Kier alpha value is -4.41. The zero-order valence-corrected chi connectivity index (χ0v) is 18.6. The molecule has 11 heteroatoms. The summed E-state index contributed by atoms with van der Waals surface area (Å²) in [6, 6.07) is 7.31. The van der Waals surface area contributed by atoms with Crippen LogP contribution >= 0.6 is 0 Å². The van der Waals surface area contributed by atoms with Gasteiger partial charge < -0.3 is 10.6 Å². The van der Waals surface area contributed by atoms with Crippen LogP contribution in [0.3, 0.4) is 0 Å². The summed E-state index contributed by atoms with van der Waals surface area (Å²) in [6.45, 7) is 1.97. The molecule has 0 aliphatic carbocycles. The fourth-order valence-electron chi connectivity index (χ4n) is 3.91. The fourth-order valence-corrected chi connectivity index (χ4v) is 3.91. The van der Waals surface area contributed by atoms with Crippen molar-refractivity contribution in [3.8, 4) is 0 Å². The smallest absolute Gasteiger partial charge is 0.283 e. The van der Waals surface area contributed by atoms with E-state index in [9.17, 15) is 9.18 Å². The summed E-state index contributed by atoms with van der Waals surface area (Å²) in [5.74, 6) is 1.02. The molecule has 0 saturated carbocycles. The minimum Gasteiger partial charge on any atom is -0.360 e. The Morgan fingerprint density at radius 2 is 2.18 bits per heavy atom. The summed E-state index contributed by atoms with van der Waals surface area (Å²) in [5, 5.41) is 7.91. The minimum absolute atomic E-state index is 0.0751. The number of hydrogen-bond acceptors (Lipinski definition) is 9. The maximum absolute atomic E-state index is 14.7. The molecule has 0 bridgehead atoms. The number of anilines is 1. The number of aromatic nitrogens is 3. The molecule has 10 nitrogen and oxygen atoms in total. The number of amidine groups is 1. The van der Waals surface area contributed by atoms with E-state index in [0.29, 0.717) is 29.6 Å². The maximum Gasteiger partial charge on any atom is 0.283 e. The molecule has 5 rings (SSSR count). The van der Waals surface area contributed by atoms with E-state index in [2.05, 4.69) is 30.6 Å². The van der Waals surface area contributed by atoms with E-state index < -0.39 is 17.4 Å². The standard InChI is InChI=1S/C23H22FN9O/c1-3-16(30-19-10-18-21(28-12-26-18)29-13-27-19)22-31-17-8-4-7-15(24)20(17)23(34)33(22)32(2)14-6-5-9-25-11-14/h4-13,16,18,30H,3H2,1-2H3,(H,26,27,28,29). The second-order valence-electron chi connectivity index (χ2n) is 7.74. The molecule has 1 aromatic carbocycles. The van der Waals surface area contributed by atoms with E-state index in [4.69, 9.17) is 4.98 Å². The molecule has 2 unspecified atom stereocenters. The molecule has 0 spiro atoms. The lowest BCUT2D eigenvalue weighted by Crippen LogP contribution is -2.41. The SMILES string of the molecule is CCC(NC1=CC2N=CN=C2NC=N1)c1nc2cccc(F)c2c(=O)n1N(C)c1cccnc1. The highest BCUT2D eigenvalue weighted by molar-refractivity contribution is 6.04. The van der Waals surface area contributed by atoms with Crippen LogP contribution in [0.5, 0.6) is 0 Å². The van der Waals surface area contributed by atoms with Gasteiger partial charge in [-0.25, -0.2) is 24.0 Å². The summed E-state index contributed by atoms with van der Waals surface area (Å²) in [6.07, 6.45) is 8.72. The van der Waals surface area contributed by atoms with Crippen molar-refractivity contribution >= 4 is 35.1 Å². The Morgan fingerprint density at radius 3 is 2.97 bits per heavy atom. The molecule has 0 radical (unpaired) electrons. The van der Waals surface area contributed by atoms with Crippen molar-refractivity contribution in [1.82, 2.24) is 25.3 Å². The third kappa shape index (κ3) is 3.81. The molecule has 2 N–H and O–H groups in total. The van der Waals surface area contributed by atoms with Crippen molar-refractivity contribution in [2.75, 3.05) is 12.1 Å². The third-order valence-electron chi connectivity index (χ3n) is 5.65. The van der Waals surface area contributed by atoms with Gasteiger partial charge >= 0.3 is 0 Å². The summed E-state index contributed by atoms with van der Waals surface area (Å²) >= 11 is 0. The molecule has 2 aliphatic rings. The van der Waals surface area contributed by atoms with Crippen LogP contribution in [0.4, 0.5) is 10.1 Å². The van der Waals surface area contributed by atoms with E-state index in [1.807, 2.05) is 19.1 Å². The van der Waals surface area contributed by atoms with Crippen molar-refractivity contribution in [3.63, 3.8) is 0 Å². The van der Waals surface area contributed by atoms with E-state index in [1.54, 1.807) is 42.6 Å². The van der Waals surface area contributed by atoms with Crippen molar-refractivity contribution < 1.29 is 4.39 Å². The third-order valence-corrected chi connectivity index (χ3v) is 5.65. The van der Waals surface area contributed by atoms with Gasteiger partial charge in [0.25, 0.3) is 5.56 Å². The predicted molar refractivity (Wildman–Crippen MR) is 130 cm³/mol. The molecule has 2 atom stereocenters. The number of nitrogens with zero attached hydrogens (tertiary/aromatic N) is 7. The first-order chi connectivity index (χ1) is 16.6. The predicted octanol–water partition coefficient (Wildman–Crippen LogP) is 2.15. The zero-order chi connectivity index (χ0) is 23.7. The lowest BCUT2D eigenvalue weighted by atomic mass is 10.1. The molecule has 0 saturated heterocycles. The zero-order valence-electron chi connectivity index (χ0n) is 18.6. The van der Waals surface area contributed by atoms with Crippen LogP contribution < -0.4 is 21.2 Å².